The minimum absolute atomic E-state index is 0.0133. The first-order valence-electron chi connectivity index (χ1n) is 9.23. The first-order valence-corrected chi connectivity index (χ1v) is 9.61. The zero-order chi connectivity index (χ0) is 18.6. The number of hydrogen-bond acceptors (Lipinski definition) is 4. The van der Waals surface area contributed by atoms with E-state index in [2.05, 4.69) is 12.2 Å². The van der Waals surface area contributed by atoms with Gasteiger partial charge in [-0.1, -0.05) is 24.9 Å². The molecule has 3 aliphatic carbocycles. The summed E-state index contributed by atoms with van der Waals surface area (Å²) in [6, 6.07) is 6.92. The largest absolute Gasteiger partial charge is 0.484 e. The van der Waals surface area contributed by atoms with E-state index in [-0.39, 0.29) is 35.9 Å². The average Bonchev–Trinajstić information content (AvgIpc) is 2.55. The topological polar surface area (TPSA) is 64.6 Å². The van der Waals surface area contributed by atoms with Crippen LogP contribution in [0.3, 0.4) is 0 Å². The number of unbranched alkanes of at least 4 members (excludes halogenated alkanes) is 1. The van der Waals surface area contributed by atoms with Gasteiger partial charge in [0.25, 0.3) is 5.91 Å². The van der Waals surface area contributed by atoms with Crippen molar-refractivity contribution in [2.24, 2.45) is 5.41 Å². The van der Waals surface area contributed by atoms with Crippen LogP contribution < -0.4 is 10.1 Å². The highest BCUT2D eigenvalue weighted by Gasteiger charge is 2.68. The lowest BCUT2D eigenvalue weighted by Gasteiger charge is -2.70. The lowest BCUT2D eigenvalue weighted by Crippen LogP contribution is -2.75. The Balaban J connectivity index is 1.33. The van der Waals surface area contributed by atoms with Crippen LogP contribution in [-0.4, -0.2) is 37.0 Å². The molecule has 3 saturated carbocycles. The van der Waals surface area contributed by atoms with Crippen molar-refractivity contribution in [3.63, 3.8) is 0 Å². The zero-order valence-corrected chi connectivity index (χ0v) is 15.9. The maximum absolute atomic E-state index is 12.1. The molecule has 3 fully saturated rings. The average molecular weight is 380 g/mol. The minimum Gasteiger partial charge on any atom is -0.484 e. The van der Waals surface area contributed by atoms with Gasteiger partial charge < -0.3 is 14.8 Å². The summed E-state index contributed by atoms with van der Waals surface area (Å²) in [6.07, 6.45) is 5.28. The monoisotopic (exact) mass is 379 g/mol. The van der Waals surface area contributed by atoms with Crippen LogP contribution in [0.25, 0.3) is 0 Å². The van der Waals surface area contributed by atoms with Gasteiger partial charge in [0, 0.05) is 23.6 Å². The molecule has 1 amide bonds. The van der Waals surface area contributed by atoms with Crippen molar-refractivity contribution in [2.45, 2.75) is 51.0 Å². The summed E-state index contributed by atoms with van der Waals surface area (Å²) in [6.45, 7) is 2.96. The van der Waals surface area contributed by atoms with Crippen LogP contribution in [0.15, 0.2) is 24.3 Å². The first-order chi connectivity index (χ1) is 12.4. The Labute approximate surface area is 159 Å². The number of rotatable bonds is 11. The van der Waals surface area contributed by atoms with E-state index in [0.717, 1.165) is 32.1 Å². The lowest BCUT2D eigenvalue weighted by atomic mass is 9.38. The minimum atomic E-state index is -0.123. The van der Waals surface area contributed by atoms with Crippen molar-refractivity contribution in [1.82, 2.24) is 5.32 Å². The summed E-state index contributed by atoms with van der Waals surface area (Å²) in [7, 11) is 0. The van der Waals surface area contributed by atoms with Gasteiger partial charge in [-0.2, -0.15) is 0 Å². The molecule has 6 heteroatoms. The van der Waals surface area contributed by atoms with E-state index in [4.69, 9.17) is 21.1 Å². The van der Waals surface area contributed by atoms with Crippen molar-refractivity contribution in [1.29, 1.82) is 0 Å². The Hall–Kier alpha value is -1.59. The van der Waals surface area contributed by atoms with Crippen LogP contribution in [-0.2, 0) is 14.3 Å². The van der Waals surface area contributed by atoms with Crippen LogP contribution in [0.1, 0.15) is 45.4 Å². The third kappa shape index (κ3) is 4.57. The molecule has 0 heterocycles. The number of ether oxygens (including phenoxy) is 2. The number of Topliss-reactive ketones (excluding diaryl/α,β-unsaturated/α-hetero) is 1. The quantitative estimate of drug-likeness (QED) is 0.597. The molecule has 1 aromatic carbocycles. The standard InChI is InChI=1S/C20H26ClNO4/c1-2-3-8-25-10-16(23)9-19-12-20(13-19,14-19)22-18(24)11-26-17-6-4-15(21)5-7-17/h4-7H,2-3,8-14H2,1H3,(H,22,24). The SMILES string of the molecule is CCCCOCC(=O)CC12CC(NC(=O)COc3ccc(Cl)cc3)(C1)C2. The van der Waals surface area contributed by atoms with Crippen molar-refractivity contribution in [3.05, 3.63) is 29.3 Å². The summed E-state index contributed by atoms with van der Waals surface area (Å²) in [5.74, 6) is 0.668. The van der Waals surface area contributed by atoms with Gasteiger partial charge in [0.1, 0.15) is 12.4 Å². The molecule has 26 heavy (non-hydrogen) atoms. The van der Waals surface area contributed by atoms with Gasteiger partial charge in [-0.15, -0.1) is 0 Å². The summed E-state index contributed by atoms with van der Waals surface area (Å²) < 4.78 is 10.9. The second kappa shape index (κ2) is 7.97. The van der Waals surface area contributed by atoms with E-state index in [0.29, 0.717) is 23.8 Å². The second-order valence-corrected chi connectivity index (χ2v) is 8.16. The van der Waals surface area contributed by atoms with Crippen molar-refractivity contribution in [2.75, 3.05) is 19.8 Å². The molecule has 0 spiro atoms. The molecule has 4 rings (SSSR count). The predicted molar refractivity (Wildman–Crippen MR) is 99.5 cm³/mol. The van der Waals surface area contributed by atoms with Gasteiger partial charge in [-0.3, -0.25) is 9.59 Å². The molecule has 1 N–H and O–H groups in total. The maximum Gasteiger partial charge on any atom is 0.258 e. The van der Waals surface area contributed by atoms with Crippen LogP contribution >= 0.6 is 11.6 Å². The Morgan fingerprint density at radius 3 is 2.50 bits per heavy atom. The summed E-state index contributed by atoms with van der Waals surface area (Å²) in [5.41, 5.74) is -0.0285. The van der Waals surface area contributed by atoms with E-state index in [1.165, 1.54) is 0 Å². The molecular formula is C20H26ClNO4. The van der Waals surface area contributed by atoms with Gasteiger partial charge in [0.2, 0.25) is 0 Å². The van der Waals surface area contributed by atoms with E-state index in [1.807, 2.05) is 0 Å². The van der Waals surface area contributed by atoms with Crippen molar-refractivity contribution < 1.29 is 19.1 Å². The van der Waals surface area contributed by atoms with Gasteiger partial charge in [0.05, 0.1) is 0 Å². The summed E-state index contributed by atoms with van der Waals surface area (Å²) in [5, 5.41) is 3.70. The molecular weight excluding hydrogens is 354 g/mol. The van der Waals surface area contributed by atoms with Crippen LogP contribution in [0.5, 0.6) is 5.75 Å². The highest BCUT2D eigenvalue weighted by molar-refractivity contribution is 6.30. The van der Waals surface area contributed by atoms with Gasteiger partial charge in [-0.05, 0) is 55.4 Å². The third-order valence-corrected chi connectivity index (χ3v) is 5.46. The molecule has 3 aliphatic rings. The molecule has 2 bridgehead atoms. The molecule has 142 valence electrons. The molecule has 0 aliphatic heterocycles. The fourth-order valence-corrected chi connectivity index (χ4v) is 4.36. The summed E-state index contributed by atoms with van der Waals surface area (Å²) >= 11 is 5.82. The van der Waals surface area contributed by atoms with E-state index in [1.54, 1.807) is 24.3 Å². The zero-order valence-electron chi connectivity index (χ0n) is 15.2. The van der Waals surface area contributed by atoms with Gasteiger partial charge >= 0.3 is 0 Å². The number of halogens is 1. The van der Waals surface area contributed by atoms with Crippen LogP contribution in [0.2, 0.25) is 5.02 Å². The maximum atomic E-state index is 12.1. The Morgan fingerprint density at radius 2 is 1.85 bits per heavy atom. The molecule has 1 aromatic rings. The Kier molecular flexibility index (Phi) is 5.88. The number of benzene rings is 1. The van der Waals surface area contributed by atoms with Gasteiger partial charge in [-0.25, -0.2) is 0 Å². The number of carbonyl (C=O) groups is 2. The van der Waals surface area contributed by atoms with E-state index < -0.39 is 0 Å². The second-order valence-electron chi connectivity index (χ2n) is 7.72. The Morgan fingerprint density at radius 1 is 1.15 bits per heavy atom. The van der Waals surface area contributed by atoms with E-state index >= 15 is 0 Å². The third-order valence-electron chi connectivity index (χ3n) is 5.21. The number of nitrogens with one attached hydrogen (secondary N) is 1. The Bertz CT molecular complexity index is 639. The normalized spacial score (nSPS) is 25.8. The van der Waals surface area contributed by atoms with E-state index in [9.17, 15) is 9.59 Å². The fourth-order valence-electron chi connectivity index (χ4n) is 4.23. The molecule has 0 atom stereocenters. The smallest absolute Gasteiger partial charge is 0.258 e. The number of carbonyl (C=O) groups excluding carboxylic acids is 2. The molecule has 0 saturated heterocycles. The molecule has 5 nitrogen and oxygen atoms in total. The lowest BCUT2D eigenvalue weighted by molar-refractivity contribution is -0.174. The van der Waals surface area contributed by atoms with Gasteiger partial charge in [0.15, 0.2) is 12.4 Å². The first kappa shape index (κ1) is 19.2. The number of ketones is 1. The molecule has 0 unspecified atom stereocenters. The highest BCUT2D eigenvalue weighted by atomic mass is 35.5. The molecule has 0 radical (unpaired) electrons. The molecule has 0 aromatic heterocycles. The number of hydrogen-bond donors (Lipinski definition) is 1. The predicted octanol–water partition coefficient (Wildman–Crippen LogP) is 3.53. The van der Waals surface area contributed by atoms with Crippen molar-refractivity contribution >= 4 is 23.3 Å². The van der Waals surface area contributed by atoms with Crippen molar-refractivity contribution in [3.8, 4) is 5.75 Å². The van der Waals surface area contributed by atoms with Crippen LogP contribution in [0, 0.1) is 5.41 Å². The fraction of sp³-hybridized carbons (Fsp3) is 0.600. The van der Waals surface area contributed by atoms with Crippen LogP contribution in [0.4, 0.5) is 0 Å². The summed E-state index contributed by atoms with van der Waals surface area (Å²) in [4.78, 5) is 24.1. The highest BCUT2D eigenvalue weighted by Crippen LogP contribution is 2.68. The number of amides is 1.